The van der Waals surface area contributed by atoms with Gasteiger partial charge in [-0.25, -0.2) is 4.79 Å². The molecule has 1 aromatic heterocycles. The molecule has 2 aromatic rings. The molecule has 0 aliphatic carbocycles. The summed E-state index contributed by atoms with van der Waals surface area (Å²) in [7, 11) is 0. The molecule has 0 aliphatic rings. The van der Waals surface area contributed by atoms with Crippen LogP contribution in [-0.4, -0.2) is 0 Å². The molecule has 0 saturated carbocycles. The number of fused-ring (bicyclic) bond motifs is 1. The average Bonchev–Trinajstić information content (AvgIpc) is 2.35. The molecule has 0 aliphatic heterocycles. The Labute approximate surface area is 110 Å². The first kappa shape index (κ1) is 12.7. The molecular weight excluding hydrogens is 250 g/mol. The molecule has 4 heteroatoms. The molecule has 0 unspecified atom stereocenters. The second kappa shape index (κ2) is 5.70. The summed E-state index contributed by atoms with van der Waals surface area (Å²) in [6, 6.07) is 8.83. The third-order valence-electron chi connectivity index (χ3n) is 2.77. The Morgan fingerprint density at radius 3 is 2.89 bits per heavy atom. The van der Waals surface area contributed by atoms with Crippen molar-refractivity contribution in [3.05, 3.63) is 45.3 Å². The van der Waals surface area contributed by atoms with Gasteiger partial charge in [0.25, 0.3) is 0 Å². The number of hydrogen-bond acceptors (Lipinski definition) is 3. The Morgan fingerprint density at radius 2 is 2.11 bits per heavy atom. The first-order valence-corrected chi connectivity index (χ1v) is 6.18. The number of halogens is 1. The zero-order valence-corrected chi connectivity index (χ0v) is 10.5. The predicted octanol–water partition coefficient (Wildman–Crippen LogP) is 3.68. The number of nitriles is 1. The molecule has 0 fully saturated rings. The molecule has 0 saturated heterocycles. The van der Waals surface area contributed by atoms with Crippen LogP contribution in [0.25, 0.3) is 11.0 Å². The van der Waals surface area contributed by atoms with Gasteiger partial charge in [-0.15, -0.1) is 0 Å². The molecular formula is C14H12ClNO2. The van der Waals surface area contributed by atoms with Crippen LogP contribution < -0.4 is 5.63 Å². The summed E-state index contributed by atoms with van der Waals surface area (Å²) in [6.45, 7) is 0. The Morgan fingerprint density at radius 1 is 1.28 bits per heavy atom. The van der Waals surface area contributed by atoms with Gasteiger partial charge >= 0.3 is 5.63 Å². The van der Waals surface area contributed by atoms with Crippen molar-refractivity contribution >= 4 is 22.6 Å². The van der Waals surface area contributed by atoms with Gasteiger partial charge in [0.05, 0.1) is 6.07 Å². The van der Waals surface area contributed by atoms with Gasteiger partial charge in [0, 0.05) is 22.9 Å². The van der Waals surface area contributed by atoms with Crippen molar-refractivity contribution in [3.8, 4) is 6.07 Å². The van der Waals surface area contributed by atoms with Crippen molar-refractivity contribution in [1.82, 2.24) is 0 Å². The van der Waals surface area contributed by atoms with Crippen molar-refractivity contribution in [1.29, 1.82) is 5.26 Å². The number of benzene rings is 1. The molecule has 1 aromatic carbocycles. The van der Waals surface area contributed by atoms with Crippen LogP contribution in [0.4, 0.5) is 0 Å². The molecule has 0 N–H and O–H groups in total. The van der Waals surface area contributed by atoms with Crippen molar-refractivity contribution in [2.75, 3.05) is 0 Å². The van der Waals surface area contributed by atoms with E-state index in [0.717, 1.165) is 30.2 Å². The van der Waals surface area contributed by atoms with E-state index in [2.05, 4.69) is 6.07 Å². The zero-order chi connectivity index (χ0) is 13.0. The minimum atomic E-state index is -0.347. The molecule has 3 nitrogen and oxygen atoms in total. The van der Waals surface area contributed by atoms with Gasteiger partial charge in [-0.3, -0.25) is 0 Å². The standard InChI is InChI=1S/C14H12ClNO2/c15-11-5-6-13-12(9-11)10(8-14(17)18-13)4-2-1-3-7-16/h5-6,8-9H,1-4H2. The highest BCUT2D eigenvalue weighted by atomic mass is 35.5. The Hall–Kier alpha value is -1.79. The van der Waals surface area contributed by atoms with Gasteiger partial charge < -0.3 is 4.42 Å². The van der Waals surface area contributed by atoms with Crippen LogP contribution in [0.2, 0.25) is 5.02 Å². The molecule has 0 radical (unpaired) electrons. The topological polar surface area (TPSA) is 54.0 Å². The van der Waals surface area contributed by atoms with E-state index in [1.165, 1.54) is 6.07 Å². The van der Waals surface area contributed by atoms with Crippen LogP contribution in [-0.2, 0) is 6.42 Å². The smallest absolute Gasteiger partial charge is 0.336 e. The maximum Gasteiger partial charge on any atom is 0.336 e. The molecule has 92 valence electrons. The number of unbranched alkanes of at least 4 members (excludes halogenated alkanes) is 2. The highest BCUT2D eigenvalue weighted by molar-refractivity contribution is 6.31. The van der Waals surface area contributed by atoms with Gasteiger partial charge in [0.2, 0.25) is 0 Å². The third-order valence-corrected chi connectivity index (χ3v) is 3.01. The second-order valence-corrected chi connectivity index (χ2v) is 4.53. The minimum Gasteiger partial charge on any atom is -0.423 e. The van der Waals surface area contributed by atoms with Crippen LogP contribution in [0.15, 0.2) is 33.5 Å². The van der Waals surface area contributed by atoms with E-state index >= 15 is 0 Å². The number of rotatable bonds is 4. The van der Waals surface area contributed by atoms with E-state index in [4.69, 9.17) is 21.3 Å². The lowest BCUT2D eigenvalue weighted by Crippen LogP contribution is -2.00. The first-order chi connectivity index (χ1) is 8.70. The first-order valence-electron chi connectivity index (χ1n) is 5.80. The van der Waals surface area contributed by atoms with Crippen molar-refractivity contribution < 1.29 is 4.42 Å². The fourth-order valence-corrected chi connectivity index (χ4v) is 2.10. The van der Waals surface area contributed by atoms with Crippen molar-refractivity contribution in [3.63, 3.8) is 0 Å². The highest BCUT2D eigenvalue weighted by Gasteiger charge is 2.06. The monoisotopic (exact) mass is 261 g/mol. The fourth-order valence-electron chi connectivity index (χ4n) is 1.93. The van der Waals surface area contributed by atoms with Gasteiger partial charge in [-0.2, -0.15) is 5.26 Å². The van der Waals surface area contributed by atoms with Gasteiger partial charge in [0.1, 0.15) is 5.58 Å². The molecule has 2 rings (SSSR count). The lowest BCUT2D eigenvalue weighted by atomic mass is 10.0. The molecule has 0 bridgehead atoms. The normalized spacial score (nSPS) is 10.4. The highest BCUT2D eigenvalue weighted by Crippen LogP contribution is 2.22. The molecule has 0 atom stereocenters. The predicted molar refractivity (Wildman–Crippen MR) is 70.7 cm³/mol. The van der Waals surface area contributed by atoms with Crippen molar-refractivity contribution in [2.24, 2.45) is 0 Å². The van der Waals surface area contributed by atoms with Gasteiger partial charge in [-0.05, 0) is 43.0 Å². The SMILES string of the molecule is N#CCCCCc1cc(=O)oc2ccc(Cl)cc12. The van der Waals surface area contributed by atoms with Crippen LogP contribution in [0.1, 0.15) is 24.8 Å². The van der Waals surface area contributed by atoms with Crippen LogP contribution >= 0.6 is 11.6 Å². The van der Waals surface area contributed by atoms with E-state index in [9.17, 15) is 4.79 Å². The van der Waals surface area contributed by atoms with E-state index in [1.54, 1.807) is 18.2 Å². The van der Waals surface area contributed by atoms with Crippen LogP contribution in [0.5, 0.6) is 0 Å². The summed E-state index contributed by atoms with van der Waals surface area (Å²) in [5, 5.41) is 9.98. The fraction of sp³-hybridized carbons (Fsp3) is 0.286. The van der Waals surface area contributed by atoms with Crippen molar-refractivity contribution in [2.45, 2.75) is 25.7 Å². The largest absolute Gasteiger partial charge is 0.423 e. The average molecular weight is 262 g/mol. The van der Waals surface area contributed by atoms with Crippen LogP contribution in [0, 0.1) is 11.3 Å². The summed E-state index contributed by atoms with van der Waals surface area (Å²) >= 11 is 5.95. The van der Waals surface area contributed by atoms with Gasteiger partial charge in [-0.1, -0.05) is 11.6 Å². The summed E-state index contributed by atoms with van der Waals surface area (Å²) < 4.78 is 5.12. The van der Waals surface area contributed by atoms with E-state index < -0.39 is 0 Å². The zero-order valence-electron chi connectivity index (χ0n) is 9.78. The van der Waals surface area contributed by atoms with E-state index in [-0.39, 0.29) is 5.63 Å². The molecule has 0 spiro atoms. The summed E-state index contributed by atoms with van der Waals surface area (Å²) in [5.41, 5.74) is 1.14. The summed E-state index contributed by atoms with van der Waals surface area (Å²) in [6.07, 6.45) is 3.00. The molecule has 1 heterocycles. The summed E-state index contributed by atoms with van der Waals surface area (Å²) in [4.78, 5) is 11.4. The quantitative estimate of drug-likeness (QED) is 0.623. The minimum absolute atomic E-state index is 0.347. The number of aryl methyl sites for hydroxylation is 1. The van der Waals surface area contributed by atoms with Gasteiger partial charge in [0.15, 0.2) is 0 Å². The van der Waals surface area contributed by atoms with E-state index in [0.29, 0.717) is 17.0 Å². The van der Waals surface area contributed by atoms with Crippen LogP contribution in [0.3, 0.4) is 0 Å². The second-order valence-electron chi connectivity index (χ2n) is 4.10. The lowest BCUT2D eigenvalue weighted by Gasteiger charge is -2.05. The Balaban J connectivity index is 2.33. The third kappa shape index (κ3) is 2.91. The maximum atomic E-state index is 11.4. The maximum absolute atomic E-state index is 11.4. The summed E-state index contributed by atoms with van der Waals surface area (Å²) in [5.74, 6) is 0. The van der Waals surface area contributed by atoms with E-state index in [1.807, 2.05) is 0 Å². The Bertz CT molecular complexity index is 655. The number of hydrogen-bond donors (Lipinski definition) is 0. The number of nitrogens with zero attached hydrogens (tertiary/aromatic N) is 1. The molecule has 0 amide bonds. The lowest BCUT2D eigenvalue weighted by molar-refractivity contribution is 0.558. The molecule has 18 heavy (non-hydrogen) atoms. The Kier molecular flexibility index (Phi) is 4.01.